The first-order chi connectivity index (χ1) is 13.1. The van der Waals surface area contributed by atoms with Gasteiger partial charge in [-0.25, -0.2) is 15.0 Å². The minimum atomic E-state index is -0.499. The van der Waals surface area contributed by atoms with Crippen LogP contribution in [0.15, 0.2) is 42.7 Å². The Balaban J connectivity index is 1.95. The maximum Gasteiger partial charge on any atom is 0.250 e. The second-order valence-corrected chi connectivity index (χ2v) is 6.24. The van der Waals surface area contributed by atoms with E-state index >= 15 is 0 Å². The fraction of sp³-hybridized carbons (Fsp3) is 0.150. The summed E-state index contributed by atoms with van der Waals surface area (Å²) in [4.78, 5) is 33.2. The fourth-order valence-corrected chi connectivity index (χ4v) is 3.06. The third-order valence-electron chi connectivity index (χ3n) is 4.38. The summed E-state index contributed by atoms with van der Waals surface area (Å²) in [7, 11) is 0. The van der Waals surface area contributed by atoms with E-state index in [1.807, 2.05) is 38.1 Å². The predicted octanol–water partition coefficient (Wildman–Crippen LogP) is 3.05. The standard InChI is InChI=1S/C20H18N6O/c1-3-15-14(18(21)27)9-12(10-23-15)17-13-7-8-22-19(13)26-20(25-17)16-6-4-5-11(2)24-16/h4-10H,3H2,1-2H3,(H2,21,27)(H,22,25,26). The van der Waals surface area contributed by atoms with E-state index in [4.69, 9.17) is 10.7 Å². The van der Waals surface area contributed by atoms with Gasteiger partial charge in [-0.1, -0.05) is 13.0 Å². The number of fused-ring (bicyclic) bond motifs is 1. The van der Waals surface area contributed by atoms with Crippen molar-refractivity contribution in [1.29, 1.82) is 0 Å². The van der Waals surface area contributed by atoms with E-state index in [1.165, 1.54) is 0 Å². The number of H-pyrrole nitrogens is 1. The second-order valence-electron chi connectivity index (χ2n) is 6.24. The van der Waals surface area contributed by atoms with Crippen LogP contribution >= 0.6 is 0 Å². The molecule has 4 aromatic heterocycles. The molecule has 7 heteroatoms. The molecule has 3 N–H and O–H groups in total. The topological polar surface area (TPSA) is 110 Å². The summed E-state index contributed by atoms with van der Waals surface area (Å²) in [5.41, 5.74) is 10.3. The average Bonchev–Trinajstić information content (AvgIpc) is 3.15. The Hall–Kier alpha value is -3.61. The van der Waals surface area contributed by atoms with Crippen molar-refractivity contribution in [2.45, 2.75) is 20.3 Å². The Morgan fingerprint density at radius 1 is 1.19 bits per heavy atom. The van der Waals surface area contributed by atoms with Crippen molar-refractivity contribution in [3.8, 4) is 22.8 Å². The molecule has 0 aliphatic heterocycles. The molecule has 134 valence electrons. The first-order valence-corrected chi connectivity index (χ1v) is 8.65. The predicted molar refractivity (Wildman–Crippen MR) is 103 cm³/mol. The number of primary amides is 1. The van der Waals surface area contributed by atoms with Crippen LogP contribution in [-0.4, -0.2) is 30.8 Å². The number of carbonyl (C=O) groups excluding carboxylic acids is 1. The lowest BCUT2D eigenvalue weighted by atomic mass is 10.0. The highest BCUT2D eigenvalue weighted by atomic mass is 16.1. The first kappa shape index (κ1) is 16.8. The van der Waals surface area contributed by atoms with Crippen LogP contribution in [0.25, 0.3) is 33.8 Å². The lowest BCUT2D eigenvalue weighted by Gasteiger charge is -2.09. The quantitative estimate of drug-likeness (QED) is 0.582. The molecule has 27 heavy (non-hydrogen) atoms. The van der Waals surface area contributed by atoms with Crippen molar-refractivity contribution < 1.29 is 4.79 Å². The number of rotatable bonds is 4. The monoisotopic (exact) mass is 358 g/mol. The molecule has 4 heterocycles. The number of nitrogens with zero attached hydrogens (tertiary/aromatic N) is 4. The molecule has 0 aliphatic rings. The number of aromatic amines is 1. The van der Waals surface area contributed by atoms with Gasteiger partial charge >= 0.3 is 0 Å². The van der Waals surface area contributed by atoms with Gasteiger partial charge in [-0.15, -0.1) is 0 Å². The first-order valence-electron chi connectivity index (χ1n) is 8.65. The highest BCUT2D eigenvalue weighted by molar-refractivity contribution is 5.97. The van der Waals surface area contributed by atoms with Crippen LogP contribution in [0, 0.1) is 6.92 Å². The van der Waals surface area contributed by atoms with Gasteiger partial charge in [0, 0.05) is 29.0 Å². The second kappa shape index (κ2) is 6.60. The smallest absolute Gasteiger partial charge is 0.250 e. The zero-order chi connectivity index (χ0) is 19.0. The van der Waals surface area contributed by atoms with Gasteiger partial charge in [0.1, 0.15) is 11.3 Å². The van der Waals surface area contributed by atoms with Crippen LogP contribution in [-0.2, 0) is 6.42 Å². The lowest BCUT2D eigenvalue weighted by molar-refractivity contribution is 0.0999. The molecule has 7 nitrogen and oxygen atoms in total. The van der Waals surface area contributed by atoms with E-state index in [9.17, 15) is 4.79 Å². The van der Waals surface area contributed by atoms with Crippen LogP contribution in [0.2, 0.25) is 0 Å². The lowest BCUT2D eigenvalue weighted by Crippen LogP contribution is -2.15. The maximum atomic E-state index is 11.8. The van der Waals surface area contributed by atoms with E-state index < -0.39 is 5.91 Å². The zero-order valence-electron chi connectivity index (χ0n) is 15.0. The number of pyridine rings is 2. The van der Waals surface area contributed by atoms with E-state index in [0.717, 1.165) is 11.1 Å². The third-order valence-corrected chi connectivity index (χ3v) is 4.38. The summed E-state index contributed by atoms with van der Waals surface area (Å²) in [6.45, 7) is 3.86. The molecule has 0 spiro atoms. The number of hydrogen-bond donors (Lipinski definition) is 2. The molecule has 0 saturated carbocycles. The molecule has 4 rings (SSSR count). The Kier molecular flexibility index (Phi) is 4.12. The molecule has 0 bridgehead atoms. The van der Waals surface area contributed by atoms with Gasteiger partial charge in [0.2, 0.25) is 0 Å². The van der Waals surface area contributed by atoms with Gasteiger partial charge in [-0.3, -0.25) is 9.78 Å². The normalized spacial score (nSPS) is 11.0. The molecular formula is C20H18N6O. The van der Waals surface area contributed by atoms with E-state index in [1.54, 1.807) is 18.5 Å². The number of hydrogen-bond acceptors (Lipinski definition) is 5. The Morgan fingerprint density at radius 2 is 2.04 bits per heavy atom. The van der Waals surface area contributed by atoms with E-state index in [-0.39, 0.29) is 0 Å². The number of nitrogens with one attached hydrogen (secondary N) is 1. The molecule has 0 fully saturated rings. The number of amides is 1. The number of nitrogens with two attached hydrogens (primary N) is 1. The average molecular weight is 358 g/mol. The summed E-state index contributed by atoms with van der Waals surface area (Å²) >= 11 is 0. The minimum absolute atomic E-state index is 0.410. The van der Waals surface area contributed by atoms with Crippen molar-refractivity contribution in [1.82, 2.24) is 24.9 Å². The SMILES string of the molecule is CCc1ncc(-c2nc(-c3cccc(C)n3)nc3[nH]ccc23)cc1C(N)=O. The summed E-state index contributed by atoms with van der Waals surface area (Å²) < 4.78 is 0. The zero-order valence-corrected chi connectivity index (χ0v) is 15.0. The minimum Gasteiger partial charge on any atom is -0.366 e. The highest BCUT2D eigenvalue weighted by Gasteiger charge is 2.16. The van der Waals surface area contributed by atoms with Gasteiger partial charge < -0.3 is 10.7 Å². The van der Waals surface area contributed by atoms with E-state index in [2.05, 4.69) is 19.9 Å². The van der Waals surface area contributed by atoms with Gasteiger partial charge in [-0.05, 0) is 37.6 Å². The number of carbonyl (C=O) groups is 1. The van der Waals surface area contributed by atoms with Crippen LogP contribution in [0.3, 0.4) is 0 Å². The largest absolute Gasteiger partial charge is 0.366 e. The van der Waals surface area contributed by atoms with Gasteiger partial charge in [-0.2, -0.15) is 0 Å². The van der Waals surface area contributed by atoms with Crippen molar-refractivity contribution in [2.75, 3.05) is 0 Å². The van der Waals surface area contributed by atoms with Crippen molar-refractivity contribution in [3.63, 3.8) is 0 Å². The molecule has 0 aliphatic carbocycles. The van der Waals surface area contributed by atoms with Crippen LogP contribution < -0.4 is 5.73 Å². The number of aryl methyl sites for hydroxylation is 2. The fourth-order valence-electron chi connectivity index (χ4n) is 3.06. The molecule has 0 radical (unpaired) electrons. The van der Waals surface area contributed by atoms with Crippen LogP contribution in [0.5, 0.6) is 0 Å². The number of aromatic nitrogens is 5. The molecule has 0 saturated heterocycles. The van der Waals surface area contributed by atoms with Crippen molar-refractivity contribution in [3.05, 3.63) is 59.7 Å². The maximum absolute atomic E-state index is 11.8. The molecular weight excluding hydrogens is 340 g/mol. The summed E-state index contributed by atoms with van der Waals surface area (Å²) in [6, 6.07) is 9.35. The molecule has 4 aromatic rings. The summed E-state index contributed by atoms with van der Waals surface area (Å²) in [5, 5.41) is 0.841. The Bertz CT molecular complexity index is 1160. The van der Waals surface area contributed by atoms with E-state index in [0.29, 0.717) is 46.1 Å². The summed E-state index contributed by atoms with van der Waals surface area (Å²) in [5.74, 6) is 0.00462. The van der Waals surface area contributed by atoms with Crippen molar-refractivity contribution in [2.24, 2.45) is 5.73 Å². The Labute approximate surface area is 155 Å². The van der Waals surface area contributed by atoms with Gasteiger partial charge in [0.15, 0.2) is 5.82 Å². The van der Waals surface area contributed by atoms with Gasteiger partial charge in [0.25, 0.3) is 5.91 Å². The molecule has 0 unspecified atom stereocenters. The Morgan fingerprint density at radius 3 is 2.78 bits per heavy atom. The third kappa shape index (κ3) is 3.03. The highest BCUT2D eigenvalue weighted by Crippen LogP contribution is 2.29. The summed E-state index contributed by atoms with van der Waals surface area (Å²) in [6.07, 6.45) is 4.15. The molecule has 1 amide bonds. The molecule has 0 aromatic carbocycles. The van der Waals surface area contributed by atoms with Crippen LogP contribution in [0.1, 0.15) is 28.7 Å². The molecule has 0 atom stereocenters. The van der Waals surface area contributed by atoms with Gasteiger partial charge in [0.05, 0.1) is 17.0 Å². The van der Waals surface area contributed by atoms with Crippen molar-refractivity contribution >= 4 is 16.9 Å². The van der Waals surface area contributed by atoms with Crippen LogP contribution in [0.4, 0.5) is 0 Å².